The molecule has 5 rings (SSSR count). The number of rotatable bonds is 5. The van der Waals surface area contributed by atoms with E-state index in [-0.39, 0.29) is 0 Å². The van der Waals surface area contributed by atoms with Crippen LogP contribution in [0, 0.1) is 19.8 Å². The molecule has 0 bridgehead atoms. The molecule has 0 spiro atoms. The predicted octanol–water partition coefficient (Wildman–Crippen LogP) is 4.72. The van der Waals surface area contributed by atoms with E-state index in [0.29, 0.717) is 5.91 Å². The van der Waals surface area contributed by atoms with Gasteiger partial charge in [0.25, 0.3) is 0 Å². The van der Waals surface area contributed by atoms with Crippen LogP contribution in [-0.2, 0) is 4.79 Å². The molecule has 1 aromatic carbocycles. The standard InChI is InChI=1S/C24H31N5OS/c1-17-6-5-9-20(16-17)29-23-22(18(2)26-29)31-24(25-23)28-14-12-27(13-15-28)21(30)11-10-19-7-3-4-8-19/h5-6,9,16,19H,3-4,7-8,10-15H2,1-2H3. The number of carbonyl (C=O) groups excluding carboxylic acids is 1. The van der Waals surface area contributed by atoms with Crippen LogP contribution < -0.4 is 4.90 Å². The second-order valence-corrected chi connectivity index (χ2v) is 10.0. The topological polar surface area (TPSA) is 54.3 Å². The summed E-state index contributed by atoms with van der Waals surface area (Å²) in [4.78, 5) is 22.0. The van der Waals surface area contributed by atoms with Crippen molar-refractivity contribution in [2.24, 2.45) is 5.92 Å². The fourth-order valence-electron chi connectivity index (χ4n) is 4.93. The van der Waals surface area contributed by atoms with Crippen LogP contribution in [0.4, 0.5) is 5.13 Å². The molecule has 1 aliphatic heterocycles. The number of carbonyl (C=O) groups is 1. The van der Waals surface area contributed by atoms with Crippen LogP contribution in [0.3, 0.4) is 0 Å². The second kappa shape index (κ2) is 8.61. The summed E-state index contributed by atoms with van der Waals surface area (Å²) >= 11 is 1.71. The predicted molar refractivity (Wildman–Crippen MR) is 126 cm³/mol. The summed E-state index contributed by atoms with van der Waals surface area (Å²) in [5.41, 5.74) is 4.20. The first kappa shape index (κ1) is 20.5. The third kappa shape index (κ3) is 4.20. The molecular formula is C24H31N5OS. The van der Waals surface area contributed by atoms with Crippen molar-refractivity contribution in [3.63, 3.8) is 0 Å². The molecular weight excluding hydrogens is 406 g/mol. The van der Waals surface area contributed by atoms with Crippen LogP contribution in [-0.4, -0.2) is 51.8 Å². The SMILES string of the molecule is Cc1cccc(-n2nc(C)c3sc(N4CCN(C(=O)CCC5CCCC5)CC4)nc32)c1. The Balaban J connectivity index is 1.26. The number of hydrogen-bond acceptors (Lipinski definition) is 5. The Kier molecular flexibility index (Phi) is 5.69. The van der Waals surface area contributed by atoms with E-state index in [1.807, 2.05) is 4.68 Å². The fraction of sp³-hybridized carbons (Fsp3) is 0.542. The molecule has 3 aromatic rings. The molecule has 1 amide bonds. The molecule has 0 radical (unpaired) electrons. The van der Waals surface area contributed by atoms with Crippen molar-refractivity contribution in [2.45, 2.75) is 52.4 Å². The Labute approximate surface area is 187 Å². The van der Waals surface area contributed by atoms with Gasteiger partial charge in [-0.3, -0.25) is 4.79 Å². The zero-order valence-corrected chi connectivity index (χ0v) is 19.3. The number of nitrogens with zero attached hydrogens (tertiary/aromatic N) is 5. The molecule has 0 N–H and O–H groups in total. The van der Waals surface area contributed by atoms with Crippen LogP contribution in [0.2, 0.25) is 0 Å². The first-order valence-corrected chi connectivity index (χ1v) is 12.4. The van der Waals surface area contributed by atoms with Gasteiger partial charge in [0.05, 0.1) is 16.1 Å². The van der Waals surface area contributed by atoms with Crippen LogP contribution in [0.15, 0.2) is 24.3 Å². The van der Waals surface area contributed by atoms with Gasteiger partial charge in [0, 0.05) is 32.6 Å². The Morgan fingerprint density at radius 1 is 1.13 bits per heavy atom. The van der Waals surface area contributed by atoms with Crippen LogP contribution >= 0.6 is 11.3 Å². The summed E-state index contributed by atoms with van der Waals surface area (Å²) in [6, 6.07) is 8.37. The molecule has 2 aliphatic rings. The molecule has 1 aliphatic carbocycles. The molecule has 7 heteroatoms. The number of hydrogen-bond donors (Lipinski definition) is 0. The summed E-state index contributed by atoms with van der Waals surface area (Å²) in [6.07, 6.45) is 7.13. The van der Waals surface area contributed by atoms with Gasteiger partial charge in [-0.25, -0.2) is 4.68 Å². The fourth-order valence-corrected chi connectivity index (χ4v) is 5.97. The lowest BCUT2D eigenvalue weighted by molar-refractivity contribution is -0.131. The second-order valence-electron chi connectivity index (χ2n) is 9.04. The number of piperazine rings is 1. The van der Waals surface area contributed by atoms with Crippen molar-refractivity contribution in [3.05, 3.63) is 35.5 Å². The van der Waals surface area contributed by atoms with E-state index in [1.54, 1.807) is 11.3 Å². The first-order chi connectivity index (χ1) is 15.1. The van der Waals surface area contributed by atoms with Gasteiger partial charge in [-0.1, -0.05) is 49.2 Å². The molecule has 2 aromatic heterocycles. The number of aromatic nitrogens is 3. The lowest BCUT2D eigenvalue weighted by Crippen LogP contribution is -2.48. The zero-order chi connectivity index (χ0) is 21.4. The van der Waals surface area contributed by atoms with E-state index in [2.05, 4.69) is 47.9 Å². The Morgan fingerprint density at radius 3 is 2.65 bits per heavy atom. The van der Waals surface area contributed by atoms with Crippen LogP contribution in [0.5, 0.6) is 0 Å². The Morgan fingerprint density at radius 2 is 1.90 bits per heavy atom. The van der Waals surface area contributed by atoms with Crippen molar-refractivity contribution in [1.82, 2.24) is 19.7 Å². The highest BCUT2D eigenvalue weighted by Crippen LogP contribution is 2.33. The molecule has 6 nitrogen and oxygen atoms in total. The monoisotopic (exact) mass is 437 g/mol. The molecule has 3 heterocycles. The van der Waals surface area contributed by atoms with E-state index in [0.717, 1.165) is 71.8 Å². The quantitative estimate of drug-likeness (QED) is 0.580. The van der Waals surface area contributed by atoms with Gasteiger partial charge >= 0.3 is 0 Å². The van der Waals surface area contributed by atoms with Crippen molar-refractivity contribution in [3.8, 4) is 5.69 Å². The summed E-state index contributed by atoms with van der Waals surface area (Å²) < 4.78 is 3.10. The number of benzene rings is 1. The van der Waals surface area contributed by atoms with E-state index >= 15 is 0 Å². The van der Waals surface area contributed by atoms with Gasteiger partial charge in [-0.15, -0.1) is 0 Å². The highest BCUT2D eigenvalue weighted by molar-refractivity contribution is 7.22. The van der Waals surface area contributed by atoms with Gasteiger partial charge in [0.2, 0.25) is 5.91 Å². The number of amides is 1. The average Bonchev–Trinajstić information content (AvgIpc) is 3.51. The highest BCUT2D eigenvalue weighted by atomic mass is 32.1. The van der Waals surface area contributed by atoms with Gasteiger partial charge < -0.3 is 9.80 Å². The van der Waals surface area contributed by atoms with Gasteiger partial charge in [0.15, 0.2) is 10.8 Å². The largest absolute Gasteiger partial charge is 0.344 e. The number of aryl methyl sites for hydroxylation is 2. The summed E-state index contributed by atoms with van der Waals surface area (Å²) in [7, 11) is 0. The van der Waals surface area contributed by atoms with Crippen molar-refractivity contribution < 1.29 is 4.79 Å². The van der Waals surface area contributed by atoms with Crippen LogP contribution in [0.25, 0.3) is 16.0 Å². The Hall–Kier alpha value is -2.41. The lowest BCUT2D eigenvalue weighted by atomic mass is 10.0. The van der Waals surface area contributed by atoms with Gasteiger partial charge in [0.1, 0.15) is 0 Å². The van der Waals surface area contributed by atoms with Crippen molar-refractivity contribution in [1.29, 1.82) is 0 Å². The maximum absolute atomic E-state index is 12.7. The molecule has 0 unspecified atom stereocenters. The van der Waals surface area contributed by atoms with E-state index in [9.17, 15) is 4.79 Å². The molecule has 1 saturated carbocycles. The van der Waals surface area contributed by atoms with Crippen molar-refractivity contribution >= 4 is 32.7 Å². The maximum Gasteiger partial charge on any atom is 0.222 e. The number of anilines is 1. The van der Waals surface area contributed by atoms with Crippen LogP contribution in [0.1, 0.15) is 49.8 Å². The van der Waals surface area contributed by atoms with E-state index < -0.39 is 0 Å². The third-order valence-electron chi connectivity index (χ3n) is 6.77. The van der Waals surface area contributed by atoms with Gasteiger partial charge in [-0.05, 0) is 43.9 Å². The number of thiazole rings is 1. The highest BCUT2D eigenvalue weighted by Gasteiger charge is 2.25. The zero-order valence-electron chi connectivity index (χ0n) is 18.5. The summed E-state index contributed by atoms with van der Waals surface area (Å²) in [5.74, 6) is 1.12. The maximum atomic E-state index is 12.7. The summed E-state index contributed by atoms with van der Waals surface area (Å²) in [5, 5.41) is 5.77. The smallest absolute Gasteiger partial charge is 0.222 e. The third-order valence-corrected chi connectivity index (χ3v) is 7.98. The van der Waals surface area contributed by atoms with Gasteiger partial charge in [-0.2, -0.15) is 10.1 Å². The number of fused-ring (bicyclic) bond motifs is 1. The molecule has 0 atom stereocenters. The average molecular weight is 438 g/mol. The molecule has 1 saturated heterocycles. The normalized spacial score (nSPS) is 17.7. The molecule has 31 heavy (non-hydrogen) atoms. The van der Waals surface area contributed by atoms with Crippen molar-refractivity contribution in [2.75, 3.05) is 31.1 Å². The minimum Gasteiger partial charge on any atom is -0.344 e. The van der Waals surface area contributed by atoms with E-state index in [4.69, 9.17) is 10.1 Å². The Bertz CT molecular complexity index is 1070. The molecule has 2 fully saturated rings. The minimum atomic E-state index is 0.335. The first-order valence-electron chi connectivity index (χ1n) is 11.5. The summed E-state index contributed by atoms with van der Waals surface area (Å²) in [6.45, 7) is 7.44. The lowest BCUT2D eigenvalue weighted by Gasteiger charge is -2.34. The minimum absolute atomic E-state index is 0.335. The molecule has 164 valence electrons. The van der Waals surface area contributed by atoms with E-state index in [1.165, 1.54) is 31.2 Å².